The van der Waals surface area contributed by atoms with Crippen molar-refractivity contribution in [1.29, 1.82) is 0 Å². The van der Waals surface area contributed by atoms with Crippen LogP contribution in [-0.2, 0) is 21.4 Å². The molecular weight excluding hydrogens is 571 g/mol. The molecule has 1 unspecified atom stereocenters. The van der Waals surface area contributed by atoms with Gasteiger partial charge in [-0.05, 0) is 31.5 Å². The predicted octanol–water partition coefficient (Wildman–Crippen LogP) is 3.75. The number of hydrogen-bond donors (Lipinski definition) is 2. The third kappa shape index (κ3) is 8.15. The second-order valence-corrected chi connectivity index (χ2v) is 9.74. The first-order valence-corrected chi connectivity index (χ1v) is 12.7. The summed E-state index contributed by atoms with van der Waals surface area (Å²) in [6, 6.07) is 5.65. The van der Waals surface area contributed by atoms with Gasteiger partial charge in [-0.2, -0.15) is 0 Å². The number of aromatic nitrogens is 2. The highest BCUT2D eigenvalue weighted by Gasteiger charge is 2.45. The summed E-state index contributed by atoms with van der Waals surface area (Å²) in [5.41, 5.74) is 0.682. The summed E-state index contributed by atoms with van der Waals surface area (Å²) in [6.07, 6.45) is 2.84. The van der Waals surface area contributed by atoms with Crippen molar-refractivity contribution in [1.82, 2.24) is 19.8 Å². The van der Waals surface area contributed by atoms with Crippen LogP contribution in [0.4, 0.5) is 13.2 Å². The summed E-state index contributed by atoms with van der Waals surface area (Å²) in [5.74, 6) is -3.74. The highest BCUT2D eigenvalue weighted by molar-refractivity contribution is 9.10. The number of esters is 1. The number of hydrogen-bond acceptors (Lipinski definition) is 7. The van der Waals surface area contributed by atoms with E-state index < -0.39 is 36.9 Å². The third-order valence-corrected chi connectivity index (χ3v) is 6.40. The summed E-state index contributed by atoms with van der Waals surface area (Å²) in [4.78, 5) is 33.5. The lowest BCUT2D eigenvalue weighted by molar-refractivity contribution is -0.139. The zero-order valence-corrected chi connectivity index (χ0v) is 22.5. The number of amidine groups is 1. The first-order chi connectivity index (χ1) is 18.0. The molecule has 1 saturated heterocycles. The number of benzene rings is 1. The zero-order valence-electron chi connectivity index (χ0n) is 21.0. The van der Waals surface area contributed by atoms with Gasteiger partial charge in [0, 0.05) is 55.0 Å². The molecule has 2 aliphatic rings. The summed E-state index contributed by atoms with van der Waals surface area (Å²) >= 11 is 3.12. The van der Waals surface area contributed by atoms with Crippen molar-refractivity contribution in [3.8, 4) is 0 Å². The largest absolute Gasteiger partial charge is 0.481 e. The number of alkyl halides is 2. The fourth-order valence-electron chi connectivity index (χ4n) is 4.16. The summed E-state index contributed by atoms with van der Waals surface area (Å²) in [7, 11) is 1.79. The Morgan fingerprint density at radius 3 is 2.68 bits per heavy atom. The molecule has 2 aliphatic heterocycles. The van der Waals surface area contributed by atoms with E-state index in [0.29, 0.717) is 17.4 Å². The minimum atomic E-state index is -2.92. The van der Waals surface area contributed by atoms with Crippen LogP contribution in [-0.4, -0.2) is 75.5 Å². The second kappa shape index (κ2) is 13.1. The molecule has 1 aromatic heterocycles. The quantitative estimate of drug-likeness (QED) is 0.445. The van der Waals surface area contributed by atoms with Crippen LogP contribution in [0.15, 0.2) is 57.4 Å². The molecule has 206 valence electrons. The van der Waals surface area contributed by atoms with Gasteiger partial charge < -0.3 is 19.7 Å². The second-order valence-electron chi connectivity index (χ2n) is 8.82. The summed E-state index contributed by atoms with van der Waals surface area (Å²) in [6.45, 7) is 1.41. The number of aliphatic imine (C=N–C) groups is 1. The van der Waals surface area contributed by atoms with E-state index in [1.807, 2.05) is 0 Å². The Hall–Kier alpha value is -3.19. The highest BCUT2D eigenvalue weighted by atomic mass is 79.9. The summed E-state index contributed by atoms with van der Waals surface area (Å²) < 4.78 is 48.0. The summed E-state index contributed by atoms with van der Waals surface area (Å²) in [5, 5.41) is 12.0. The normalized spacial score (nSPS) is 18.8. The van der Waals surface area contributed by atoms with Crippen LogP contribution in [0.5, 0.6) is 0 Å². The molecule has 9 nitrogen and oxygen atoms in total. The van der Waals surface area contributed by atoms with Crippen molar-refractivity contribution in [2.24, 2.45) is 12.0 Å². The van der Waals surface area contributed by atoms with Crippen molar-refractivity contribution < 1.29 is 32.6 Å². The number of rotatable bonds is 8. The molecule has 1 fully saturated rings. The smallest absolute Gasteiger partial charge is 0.337 e. The van der Waals surface area contributed by atoms with Gasteiger partial charge in [-0.15, -0.1) is 0 Å². The Morgan fingerprint density at radius 2 is 2.11 bits per heavy atom. The van der Waals surface area contributed by atoms with E-state index >= 15 is 0 Å². The van der Waals surface area contributed by atoms with E-state index in [9.17, 15) is 22.8 Å². The molecule has 0 spiro atoms. The first-order valence-electron chi connectivity index (χ1n) is 11.9. The number of nitrogens with one attached hydrogen (secondary N) is 1. The highest BCUT2D eigenvalue weighted by Crippen LogP contribution is 2.34. The van der Waals surface area contributed by atoms with Crippen molar-refractivity contribution in [2.45, 2.75) is 38.2 Å². The van der Waals surface area contributed by atoms with Gasteiger partial charge in [-0.3, -0.25) is 14.7 Å². The number of imidazole rings is 1. The monoisotopic (exact) mass is 599 g/mol. The molecule has 1 aromatic carbocycles. The molecule has 13 heteroatoms. The van der Waals surface area contributed by atoms with Gasteiger partial charge in [0.05, 0.1) is 25.3 Å². The molecule has 0 aliphatic carbocycles. The fraction of sp³-hybridized carbons (Fsp3) is 0.440. The molecular formula is C25H29BrF3N5O4. The van der Waals surface area contributed by atoms with Gasteiger partial charge in [0.15, 0.2) is 11.7 Å². The number of aliphatic carboxylic acids is 1. The first kappa shape index (κ1) is 29.4. The molecule has 0 radical (unpaired) electrons. The van der Waals surface area contributed by atoms with Crippen molar-refractivity contribution in [3.05, 3.63) is 64.0 Å². The number of carboxylic acid groups (broad SMARTS) is 1. The maximum atomic E-state index is 14.1. The van der Waals surface area contributed by atoms with Crippen LogP contribution in [0, 0.1) is 5.82 Å². The van der Waals surface area contributed by atoms with Crippen LogP contribution in [0.25, 0.3) is 0 Å². The van der Waals surface area contributed by atoms with Gasteiger partial charge in [0.25, 0.3) is 5.92 Å². The van der Waals surface area contributed by atoms with Gasteiger partial charge in [-0.25, -0.2) is 22.9 Å². The Morgan fingerprint density at radius 1 is 1.34 bits per heavy atom. The van der Waals surface area contributed by atoms with Crippen molar-refractivity contribution in [2.75, 3.05) is 26.2 Å². The van der Waals surface area contributed by atoms with Crippen LogP contribution < -0.4 is 5.32 Å². The number of aryl methyl sites for hydroxylation is 1. The maximum Gasteiger partial charge on any atom is 0.337 e. The molecule has 0 saturated carbocycles. The predicted molar refractivity (Wildman–Crippen MR) is 137 cm³/mol. The van der Waals surface area contributed by atoms with Crippen LogP contribution in [0.1, 0.15) is 32.0 Å². The average Bonchev–Trinajstić information content (AvgIpc) is 3.39. The van der Waals surface area contributed by atoms with Crippen LogP contribution in [0.3, 0.4) is 0 Å². The molecule has 2 N–H and O–H groups in total. The lowest BCUT2D eigenvalue weighted by Gasteiger charge is -2.28. The molecule has 0 bridgehead atoms. The number of carbonyl (C=O) groups excluding carboxylic acids is 1. The van der Waals surface area contributed by atoms with Gasteiger partial charge in [-0.1, -0.05) is 22.0 Å². The minimum Gasteiger partial charge on any atom is -0.481 e. The van der Waals surface area contributed by atoms with Crippen LogP contribution in [0.2, 0.25) is 0 Å². The van der Waals surface area contributed by atoms with Crippen molar-refractivity contribution in [3.63, 3.8) is 0 Å². The third-order valence-electron chi connectivity index (χ3n) is 5.91. The number of carboxylic acids is 1. The molecule has 38 heavy (non-hydrogen) atoms. The molecule has 1 atom stereocenters. The Balaban J connectivity index is 0.000000427. The van der Waals surface area contributed by atoms with Crippen molar-refractivity contribution >= 4 is 33.7 Å². The fourth-order valence-corrected chi connectivity index (χ4v) is 4.53. The minimum absolute atomic E-state index is 0.0253. The van der Waals surface area contributed by atoms with E-state index in [4.69, 9.17) is 9.84 Å². The number of ether oxygens (including phenoxy) is 1. The standard InChI is InChI=1S/C19H25F2N5O4.C6H4BrF/c1-3-30-18(29)13-9-23-16(17-22-6-7-25(17)2)24-14(13)10-26-11-19(20,21)8-12(26)4-5-15(27)28;7-5-2-1-3-6(8)4-5/h6-7,12H,3-5,8-11H2,1-2H3,(H,23,24)(H,27,28);1-4H. The van der Waals surface area contributed by atoms with Gasteiger partial charge in [0.2, 0.25) is 0 Å². The lowest BCUT2D eigenvalue weighted by Crippen LogP contribution is -2.41. The van der Waals surface area contributed by atoms with E-state index in [1.165, 1.54) is 17.0 Å². The number of carbonyl (C=O) groups is 2. The molecule has 4 rings (SSSR count). The van der Waals surface area contributed by atoms with Gasteiger partial charge in [0.1, 0.15) is 5.82 Å². The van der Waals surface area contributed by atoms with E-state index in [-0.39, 0.29) is 43.9 Å². The van der Waals surface area contributed by atoms with E-state index in [0.717, 1.165) is 4.47 Å². The lowest BCUT2D eigenvalue weighted by atomic mass is 10.1. The molecule has 2 aromatic rings. The Labute approximate surface area is 226 Å². The van der Waals surface area contributed by atoms with Crippen LogP contribution >= 0.6 is 15.9 Å². The Bertz CT molecular complexity index is 1200. The molecule has 0 amide bonds. The van der Waals surface area contributed by atoms with Gasteiger partial charge >= 0.3 is 11.9 Å². The number of likely N-dealkylation sites (tertiary alicyclic amines) is 1. The zero-order chi connectivity index (χ0) is 27.9. The van der Waals surface area contributed by atoms with E-state index in [2.05, 4.69) is 31.2 Å². The number of nitrogens with zero attached hydrogens (tertiary/aromatic N) is 4. The average molecular weight is 600 g/mol. The number of halogens is 4. The SMILES string of the molecule is CCOC(=O)C1=C(CN2CC(F)(F)CC2CCC(=O)O)NC(c2nccn2C)=NC1.Fc1cccc(Br)c1. The maximum absolute atomic E-state index is 14.1. The molecule has 3 heterocycles. The Kier molecular flexibility index (Phi) is 10.1. The van der Waals surface area contributed by atoms with E-state index in [1.54, 1.807) is 43.1 Å². The topological polar surface area (TPSA) is 109 Å².